The summed E-state index contributed by atoms with van der Waals surface area (Å²) < 4.78 is 0. The van der Waals surface area contributed by atoms with Crippen molar-refractivity contribution in [3.63, 3.8) is 0 Å². The number of rotatable bonds is 6. The van der Waals surface area contributed by atoms with Gasteiger partial charge < -0.3 is 10.2 Å². The molecular formula is C34H40O7. The largest absolute Gasteiger partial charge is 0.507 e. The van der Waals surface area contributed by atoms with Gasteiger partial charge in [-0.2, -0.15) is 0 Å². The maximum atomic E-state index is 14.3. The SMILES string of the molecule is CC(=O)C1C(=O)C(C(C)C)[C@@]2(C)C[C@@]3(C)Cc4c(CCCC5=CC=CC5C)ccc(O)c4C(=O)C3C(=O)[C@@]2(O)C1=O. The van der Waals surface area contributed by atoms with Crippen LogP contribution in [-0.2, 0) is 32.0 Å². The molecule has 4 aliphatic carbocycles. The Kier molecular flexibility index (Phi) is 6.92. The average molecular weight is 561 g/mol. The van der Waals surface area contributed by atoms with Crippen LogP contribution in [0, 0.1) is 40.4 Å². The first-order valence-corrected chi connectivity index (χ1v) is 14.7. The molecule has 7 heteroatoms. The first kappa shape index (κ1) is 29.3. The predicted octanol–water partition coefficient (Wildman–Crippen LogP) is 4.55. The highest BCUT2D eigenvalue weighted by molar-refractivity contribution is 6.32. The van der Waals surface area contributed by atoms with E-state index < -0.39 is 63.1 Å². The molecule has 1 aromatic carbocycles. The summed E-state index contributed by atoms with van der Waals surface area (Å²) in [4.78, 5) is 68.3. The number of aryl methyl sites for hydroxylation is 1. The number of ketones is 5. The van der Waals surface area contributed by atoms with Crippen LogP contribution >= 0.6 is 0 Å². The molecule has 0 bridgehead atoms. The molecule has 2 saturated carbocycles. The number of phenolic OH excluding ortho intramolecular Hbond substituents is 1. The highest BCUT2D eigenvalue weighted by Crippen LogP contribution is 2.63. The molecule has 2 fully saturated rings. The molecule has 218 valence electrons. The van der Waals surface area contributed by atoms with E-state index in [9.17, 15) is 34.2 Å². The maximum Gasteiger partial charge on any atom is 0.190 e. The van der Waals surface area contributed by atoms with Gasteiger partial charge in [0.2, 0.25) is 0 Å². The molecule has 0 saturated heterocycles. The smallest absolute Gasteiger partial charge is 0.190 e. The fourth-order valence-electron chi connectivity index (χ4n) is 8.85. The van der Waals surface area contributed by atoms with Crippen LogP contribution in [0.3, 0.4) is 0 Å². The standard InChI is InChI=1S/C34H40O7/c1-17(2)26-28(37)24(19(4)35)30(39)34(41)31(40)27-29(38)25-22(15-32(27,5)16-33(26,34)6)21(13-14-23(25)36)12-8-11-20-10-7-9-18(20)3/h7,9-10,13-14,17-18,24,26-27,36,41H,8,11-12,15-16H2,1-6H3/t18?,24?,26?,27?,32-,33-,34+/m1/s1. The summed E-state index contributed by atoms with van der Waals surface area (Å²) in [5, 5.41) is 22.9. The number of phenols is 1. The minimum atomic E-state index is -2.67. The number of carbonyl (C=O) groups is 5. The van der Waals surface area contributed by atoms with Gasteiger partial charge in [0, 0.05) is 11.3 Å². The summed E-state index contributed by atoms with van der Waals surface area (Å²) >= 11 is 0. The molecule has 41 heavy (non-hydrogen) atoms. The molecule has 0 amide bonds. The molecule has 0 radical (unpaired) electrons. The van der Waals surface area contributed by atoms with Gasteiger partial charge in [-0.05, 0) is 73.5 Å². The van der Waals surface area contributed by atoms with Crippen molar-refractivity contribution < 1.29 is 34.2 Å². The van der Waals surface area contributed by atoms with Crippen LogP contribution in [0.2, 0.25) is 0 Å². The maximum absolute atomic E-state index is 14.3. The van der Waals surface area contributed by atoms with Crippen molar-refractivity contribution in [3.05, 3.63) is 52.6 Å². The Labute approximate surface area is 241 Å². The predicted molar refractivity (Wildman–Crippen MR) is 152 cm³/mol. The molecular weight excluding hydrogens is 520 g/mol. The Balaban J connectivity index is 1.59. The van der Waals surface area contributed by atoms with Crippen LogP contribution in [0.1, 0.15) is 82.3 Å². The second-order valence-electron chi connectivity index (χ2n) is 13.7. The van der Waals surface area contributed by atoms with Crippen LogP contribution in [0.15, 0.2) is 35.9 Å². The van der Waals surface area contributed by atoms with E-state index in [4.69, 9.17) is 0 Å². The third kappa shape index (κ3) is 3.98. The number of benzene rings is 1. The van der Waals surface area contributed by atoms with Crippen LogP contribution < -0.4 is 0 Å². The zero-order valence-electron chi connectivity index (χ0n) is 24.7. The quantitative estimate of drug-likeness (QED) is 0.489. The molecule has 0 aromatic heterocycles. The van der Waals surface area contributed by atoms with Gasteiger partial charge in [-0.25, -0.2) is 0 Å². The Hall–Kier alpha value is -3.19. The molecule has 4 unspecified atom stereocenters. The number of fused-ring (bicyclic) bond motifs is 3. The number of allylic oxidation sites excluding steroid dienone is 4. The van der Waals surface area contributed by atoms with Gasteiger partial charge in [0.15, 0.2) is 28.7 Å². The fourth-order valence-corrected chi connectivity index (χ4v) is 8.85. The van der Waals surface area contributed by atoms with E-state index in [0.717, 1.165) is 25.3 Å². The molecule has 7 nitrogen and oxygen atoms in total. The van der Waals surface area contributed by atoms with E-state index in [-0.39, 0.29) is 30.1 Å². The van der Waals surface area contributed by atoms with Gasteiger partial charge in [-0.15, -0.1) is 0 Å². The van der Waals surface area contributed by atoms with Gasteiger partial charge in [0.25, 0.3) is 0 Å². The lowest BCUT2D eigenvalue weighted by Crippen LogP contribution is -2.76. The van der Waals surface area contributed by atoms with Gasteiger partial charge in [0.1, 0.15) is 17.5 Å². The van der Waals surface area contributed by atoms with Gasteiger partial charge in [-0.1, -0.05) is 64.5 Å². The van der Waals surface area contributed by atoms with Crippen LogP contribution in [0.5, 0.6) is 5.75 Å². The molecule has 1 aromatic rings. The van der Waals surface area contributed by atoms with E-state index in [2.05, 4.69) is 25.2 Å². The normalized spacial score (nSPS) is 36.2. The second-order valence-corrected chi connectivity index (χ2v) is 13.7. The van der Waals surface area contributed by atoms with Crippen molar-refractivity contribution in [3.8, 4) is 5.75 Å². The van der Waals surface area contributed by atoms with Crippen molar-refractivity contribution in [1.82, 2.24) is 0 Å². The molecule has 2 N–H and O–H groups in total. The molecule has 0 aliphatic heterocycles. The topological polar surface area (TPSA) is 126 Å². The van der Waals surface area contributed by atoms with Crippen LogP contribution in [-0.4, -0.2) is 44.7 Å². The first-order valence-electron chi connectivity index (χ1n) is 14.7. The van der Waals surface area contributed by atoms with Crippen molar-refractivity contribution in [2.24, 2.45) is 40.4 Å². The van der Waals surface area contributed by atoms with Crippen LogP contribution in [0.25, 0.3) is 0 Å². The zero-order valence-corrected chi connectivity index (χ0v) is 24.7. The average Bonchev–Trinajstić information content (AvgIpc) is 3.26. The number of Topliss-reactive ketones (excluding diaryl/α,β-unsaturated/α-hetero) is 5. The van der Waals surface area contributed by atoms with E-state index in [1.165, 1.54) is 11.6 Å². The summed E-state index contributed by atoms with van der Waals surface area (Å²) in [6, 6.07) is 3.31. The lowest BCUT2D eigenvalue weighted by Gasteiger charge is -2.61. The molecule has 0 heterocycles. The Bertz CT molecular complexity index is 1450. The van der Waals surface area contributed by atoms with Crippen molar-refractivity contribution in [2.75, 3.05) is 0 Å². The monoisotopic (exact) mass is 560 g/mol. The summed E-state index contributed by atoms with van der Waals surface area (Å²) in [5.74, 6) is -8.24. The van der Waals surface area contributed by atoms with Crippen molar-refractivity contribution >= 4 is 28.9 Å². The summed E-state index contributed by atoms with van der Waals surface area (Å²) in [6.07, 6.45) is 9.14. The summed E-state index contributed by atoms with van der Waals surface area (Å²) in [5.41, 5.74) is -2.14. The van der Waals surface area contributed by atoms with Crippen molar-refractivity contribution in [1.29, 1.82) is 0 Å². The van der Waals surface area contributed by atoms with Gasteiger partial charge >= 0.3 is 0 Å². The Morgan fingerprint density at radius 2 is 1.76 bits per heavy atom. The number of aromatic hydroxyl groups is 1. The summed E-state index contributed by atoms with van der Waals surface area (Å²) in [7, 11) is 0. The molecule has 4 aliphatic rings. The Morgan fingerprint density at radius 1 is 1.07 bits per heavy atom. The summed E-state index contributed by atoms with van der Waals surface area (Å²) in [6.45, 7) is 10.3. The fraction of sp³-hybridized carbons (Fsp3) is 0.559. The molecule has 0 spiro atoms. The number of carbonyl (C=O) groups excluding carboxylic acids is 5. The zero-order chi connectivity index (χ0) is 30.2. The number of aliphatic hydroxyl groups is 1. The van der Waals surface area contributed by atoms with Gasteiger partial charge in [0.05, 0.1) is 11.5 Å². The number of hydrogen-bond donors (Lipinski definition) is 2. The van der Waals surface area contributed by atoms with E-state index in [0.29, 0.717) is 17.9 Å². The van der Waals surface area contributed by atoms with Crippen LogP contribution in [0.4, 0.5) is 0 Å². The minimum Gasteiger partial charge on any atom is -0.507 e. The molecule has 7 atom stereocenters. The van der Waals surface area contributed by atoms with E-state index in [1.54, 1.807) is 20.8 Å². The Morgan fingerprint density at radius 3 is 2.34 bits per heavy atom. The third-order valence-corrected chi connectivity index (χ3v) is 10.6. The lowest BCUT2D eigenvalue weighted by atomic mass is 9.40. The molecule has 5 rings (SSSR count). The first-order chi connectivity index (χ1) is 19.1. The highest BCUT2D eigenvalue weighted by atomic mass is 16.3. The van der Waals surface area contributed by atoms with Crippen molar-refractivity contribution in [2.45, 2.75) is 79.2 Å². The lowest BCUT2D eigenvalue weighted by molar-refractivity contribution is -0.205. The second kappa shape index (κ2) is 9.69. The van der Waals surface area contributed by atoms with Gasteiger partial charge in [-0.3, -0.25) is 24.0 Å². The third-order valence-electron chi connectivity index (χ3n) is 10.6. The number of hydrogen-bond acceptors (Lipinski definition) is 7. The highest BCUT2D eigenvalue weighted by Gasteiger charge is 2.76. The van der Waals surface area contributed by atoms with E-state index in [1.807, 2.05) is 13.0 Å². The minimum absolute atomic E-state index is 0.0637. The van der Waals surface area contributed by atoms with E-state index >= 15 is 0 Å².